The highest BCUT2D eigenvalue weighted by atomic mass is 16.4. The Labute approximate surface area is 142 Å². The molecule has 5 heteroatoms. The summed E-state index contributed by atoms with van der Waals surface area (Å²) in [5.41, 5.74) is 2.48. The van der Waals surface area contributed by atoms with E-state index >= 15 is 0 Å². The average molecular weight is 327 g/mol. The molecule has 3 rings (SSSR count). The summed E-state index contributed by atoms with van der Waals surface area (Å²) in [4.78, 5) is 14.3. The van der Waals surface area contributed by atoms with E-state index in [2.05, 4.69) is 23.8 Å². The number of aromatic nitrogens is 2. The molecule has 1 fully saturated rings. The van der Waals surface area contributed by atoms with Crippen molar-refractivity contribution in [2.45, 2.75) is 45.2 Å². The van der Waals surface area contributed by atoms with Gasteiger partial charge >= 0.3 is 5.97 Å². The first-order valence-electron chi connectivity index (χ1n) is 8.59. The summed E-state index contributed by atoms with van der Waals surface area (Å²) in [5, 5.41) is 14.3. The molecule has 1 unspecified atom stereocenters. The molecule has 0 radical (unpaired) electrons. The van der Waals surface area contributed by atoms with Crippen molar-refractivity contribution in [3.63, 3.8) is 0 Å². The van der Waals surface area contributed by atoms with Crippen molar-refractivity contribution in [2.75, 3.05) is 13.1 Å². The van der Waals surface area contributed by atoms with E-state index in [4.69, 9.17) is 0 Å². The zero-order chi connectivity index (χ0) is 17.2. The molecule has 128 valence electrons. The van der Waals surface area contributed by atoms with E-state index < -0.39 is 11.4 Å². The monoisotopic (exact) mass is 327 g/mol. The van der Waals surface area contributed by atoms with Crippen LogP contribution in [0.5, 0.6) is 0 Å². The van der Waals surface area contributed by atoms with E-state index in [1.54, 1.807) is 0 Å². The number of likely N-dealkylation sites (tertiary alicyclic amines) is 1. The Morgan fingerprint density at radius 1 is 1.33 bits per heavy atom. The molecular formula is C19H25N3O2. The predicted molar refractivity (Wildman–Crippen MR) is 92.9 cm³/mol. The summed E-state index contributed by atoms with van der Waals surface area (Å²) in [6.07, 6.45) is 3.63. The maximum atomic E-state index is 12.0. The van der Waals surface area contributed by atoms with Crippen molar-refractivity contribution in [3.8, 4) is 0 Å². The fourth-order valence-electron chi connectivity index (χ4n) is 3.63. The van der Waals surface area contributed by atoms with Crippen LogP contribution in [0.1, 0.15) is 36.6 Å². The minimum absolute atomic E-state index is 0.546. The molecule has 1 N–H and O–H groups in total. The number of hydrogen-bond acceptors (Lipinski definition) is 3. The third kappa shape index (κ3) is 2.96. The number of carboxylic acids is 1. The molecule has 1 aliphatic heterocycles. The number of benzene rings is 1. The number of rotatable bonds is 6. The molecule has 1 atom stereocenters. The third-order valence-electron chi connectivity index (χ3n) is 5.12. The van der Waals surface area contributed by atoms with E-state index in [1.165, 1.54) is 11.3 Å². The number of aryl methyl sites for hydroxylation is 1. The van der Waals surface area contributed by atoms with Crippen molar-refractivity contribution in [1.82, 2.24) is 14.7 Å². The fourth-order valence-corrected chi connectivity index (χ4v) is 3.63. The number of carbonyl (C=O) groups is 1. The molecule has 1 saturated heterocycles. The highest BCUT2D eigenvalue weighted by Gasteiger charge is 2.46. The second-order valence-electron chi connectivity index (χ2n) is 6.69. The van der Waals surface area contributed by atoms with Gasteiger partial charge in [-0.05, 0) is 25.3 Å². The molecule has 0 aliphatic carbocycles. The maximum absolute atomic E-state index is 12.0. The van der Waals surface area contributed by atoms with Crippen LogP contribution in [0.3, 0.4) is 0 Å². The molecule has 0 amide bonds. The van der Waals surface area contributed by atoms with Gasteiger partial charge in [-0.3, -0.25) is 14.4 Å². The molecule has 0 spiro atoms. The first-order valence-corrected chi connectivity index (χ1v) is 8.59. The van der Waals surface area contributed by atoms with Gasteiger partial charge in [0.1, 0.15) is 5.41 Å². The lowest BCUT2D eigenvalue weighted by Crippen LogP contribution is -2.38. The van der Waals surface area contributed by atoms with Gasteiger partial charge in [0.05, 0.1) is 6.20 Å². The summed E-state index contributed by atoms with van der Waals surface area (Å²) in [5.74, 6) is -0.727. The van der Waals surface area contributed by atoms with Crippen molar-refractivity contribution in [2.24, 2.45) is 0 Å². The zero-order valence-corrected chi connectivity index (χ0v) is 14.4. The van der Waals surface area contributed by atoms with E-state index in [9.17, 15) is 9.90 Å². The molecular weight excluding hydrogens is 302 g/mol. The van der Waals surface area contributed by atoms with E-state index in [0.717, 1.165) is 31.6 Å². The van der Waals surface area contributed by atoms with Gasteiger partial charge in [-0.1, -0.05) is 37.3 Å². The van der Waals surface area contributed by atoms with Gasteiger partial charge in [-0.25, -0.2) is 0 Å². The first-order chi connectivity index (χ1) is 11.6. The van der Waals surface area contributed by atoms with Crippen LogP contribution >= 0.6 is 0 Å². The Bertz CT molecular complexity index is 711. The molecule has 0 saturated carbocycles. The lowest BCUT2D eigenvalue weighted by atomic mass is 9.80. The second kappa shape index (κ2) is 6.77. The summed E-state index contributed by atoms with van der Waals surface area (Å²) in [6, 6.07) is 9.63. The highest BCUT2D eigenvalue weighted by molar-refractivity contribution is 5.82. The van der Waals surface area contributed by atoms with Gasteiger partial charge in [-0.2, -0.15) is 5.10 Å². The maximum Gasteiger partial charge on any atom is 0.315 e. The lowest BCUT2D eigenvalue weighted by molar-refractivity contribution is -0.143. The van der Waals surface area contributed by atoms with Crippen LogP contribution in [0.15, 0.2) is 36.5 Å². The Morgan fingerprint density at radius 2 is 2.08 bits per heavy atom. The predicted octanol–water partition coefficient (Wildman–Crippen LogP) is 2.83. The Balaban J connectivity index is 1.78. The Morgan fingerprint density at radius 3 is 2.75 bits per heavy atom. The van der Waals surface area contributed by atoms with Crippen molar-refractivity contribution in [1.29, 1.82) is 0 Å². The van der Waals surface area contributed by atoms with Gasteiger partial charge < -0.3 is 5.11 Å². The molecule has 1 aromatic carbocycles. The summed E-state index contributed by atoms with van der Waals surface area (Å²) >= 11 is 0. The van der Waals surface area contributed by atoms with Gasteiger partial charge in [0.25, 0.3) is 0 Å². The molecule has 1 aromatic heterocycles. The topological polar surface area (TPSA) is 58.4 Å². The van der Waals surface area contributed by atoms with E-state index in [0.29, 0.717) is 13.0 Å². The smallest absolute Gasteiger partial charge is 0.315 e. The number of carboxylic acid groups (broad SMARTS) is 1. The number of hydrogen-bond donors (Lipinski definition) is 1. The molecule has 5 nitrogen and oxygen atoms in total. The van der Waals surface area contributed by atoms with Gasteiger partial charge in [0.15, 0.2) is 0 Å². The van der Waals surface area contributed by atoms with Crippen LogP contribution in [0, 0.1) is 6.92 Å². The minimum Gasteiger partial charge on any atom is -0.481 e. The standard InChI is InChI=1S/C19H25N3O2/c1-3-10-22-15(2)16(12-20-22)13-21-11-9-19(14-21,18(23)24)17-7-5-4-6-8-17/h4-8,12H,3,9-11,13-14H2,1-2H3,(H,23,24). The van der Waals surface area contributed by atoms with Gasteiger partial charge in [-0.15, -0.1) is 0 Å². The quantitative estimate of drug-likeness (QED) is 0.886. The normalized spacial score (nSPS) is 21.2. The minimum atomic E-state index is -0.797. The van der Waals surface area contributed by atoms with Crippen LogP contribution in [0.4, 0.5) is 0 Å². The third-order valence-corrected chi connectivity index (χ3v) is 5.12. The molecule has 0 bridgehead atoms. The van der Waals surface area contributed by atoms with Crippen molar-refractivity contribution >= 4 is 5.97 Å². The van der Waals surface area contributed by atoms with E-state index in [1.807, 2.05) is 41.2 Å². The van der Waals surface area contributed by atoms with Gasteiger partial charge in [0, 0.05) is 37.4 Å². The second-order valence-corrected chi connectivity index (χ2v) is 6.69. The summed E-state index contributed by atoms with van der Waals surface area (Å²) < 4.78 is 2.03. The Hall–Kier alpha value is -2.14. The van der Waals surface area contributed by atoms with Gasteiger partial charge in [0.2, 0.25) is 0 Å². The van der Waals surface area contributed by atoms with Crippen LogP contribution in [-0.4, -0.2) is 38.8 Å². The zero-order valence-electron chi connectivity index (χ0n) is 14.4. The SMILES string of the molecule is CCCn1ncc(CN2CCC(C(=O)O)(c3ccccc3)C2)c1C. The van der Waals surface area contributed by atoms with Crippen LogP contribution in [0.25, 0.3) is 0 Å². The molecule has 2 heterocycles. The average Bonchev–Trinajstić information content (AvgIpc) is 3.16. The van der Waals surface area contributed by atoms with Crippen LogP contribution in [0.2, 0.25) is 0 Å². The Kier molecular flexibility index (Phi) is 4.71. The first kappa shape index (κ1) is 16.7. The van der Waals surface area contributed by atoms with Crippen molar-refractivity contribution in [3.05, 3.63) is 53.3 Å². The molecule has 2 aromatic rings. The van der Waals surface area contributed by atoms with Crippen molar-refractivity contribution < 1.29 is 9.90 Å². The van der Waals surface area contributed by atoms with Crippen LogP contribution < -0.4 is 0 Å². The lowest BCUT2D eigenvalue weighted by Gasteiger charge is -2.25. The largest absolute Gasteiger partial charge is 0.481 e. The highest BCUT2D eigenvalue weighted by Crippen LogP contribution is 2.35. The molecule has 24 heavy (non-hydrogen) atoms. The molecule has 1 aliphatic rings. The number of nitrogens with zero attached hydrogens (tertiary/aromatic N) is 3. The summed E-state index contributed by atoms with van der Waals surface area (Å²) in [6.45, 7) is 7.26. The number of aliphatic carboxylic acids is 1. The summed E-state index contributed by atoms with van der Waals surface area (Å²) in [7, 11) is 0. The fraction of sp³-hybridized carbons (Fsp3) is 0.474. The van der Waals surface area contributed by atoms with Crippen LogP contribution in [-0.2, 0) is 23.3 Å². The van der Waals surface area contributed by atoms with E-state index in [-0.39, 0.29) is 0 Å².